The fourth-order valence-electron chi connectivity index (χ4n) is 7.23. The maximum atomic E-state index is 6.55. The first-order valence-corrected chi connectivity index (χ1v) is 14.1. The zero-order chi connectivity index (χ0) is 27.9. The van der Waals surface area contributed by atoms with Crippen LogP contribution in [0.2, 0.25) is 0 Å². The number of aromatic nitrogens is 2. The summed E-state index contributed by atoms with van der Waals surface area (Å²) < 4.78 is 6.55. The second kappa shape index (κ2) is 8.52. The van der Waals surface area contributed by atoms with E-state index in [2.05, 4.69) is 117 Å². The summed E-state index contributed by atoms with van der Waals surface area (Å²) in [5, 5.41) is 1.09. The third-order valence-electron chi connectivity index (χ3n) is 8.71. The quantitative estimate of drug-likeness (QED) is 0.223. The van der Waals surface area contributed by atoms with Gasteiger partial charge in [0.25, 0.3) is 0 Å². The Balaban J connectivity index is 1.68. The zero-order valence-electron chi connectivity index (χ0n) is 23.6. The SMILES string of the molecule is Cc1nc(C2(N3c4ccccc4Oc4ccccc43)c3c(C)cccc3-c3cccc(C)c32)c2c(C)cccc2n1. The Morgan fingerprint density at radius 2 is 1.10 bits per heavy atom. The van der Waals surface area contributed by atoms with Crippen molar-refractivity contribution in [3.63, 3.8) is 0 Å². The van der Waals surface area contributed by atoms with E-state index in [1.807, 2.05) is 19.1 Å². The van der Waals surface area contributed by atoms with Crippen LogP contribution in [0.1, 0.15) is 39.3 Å². The van der Waals surface area contributed by atoms with Gasteiger partial charge in [0.05, 0.1) is 22.6 Å². The van der Waals surface area contributed by atoms with Crippen molar-refractivity contribution in [2.45, 2.75) is 33.2 Å². The molecule has 0 spiro atoms. The van der Waals surface area contributed by atoms with Gasteiger partial charge in [0, 0.05) is 5.39 Å². The number of anilines is 2. The lowest BCUT2D eigenvalue weighted by Crippen LogP contribution is -2.47. The van der Waals surface area contributed by atoms with Crippen LogP contribution in [0.3, 0.4) is 0 Å². The number of benzene rings is 5. The fraction of sp³-hybridized carbons (Fsp3) is 0.135. The van der Waals surface area contributed by atoms with Gasteiger partial charge in [-0.1, -0.05) is 72.8 Å². The molecular formula is C37H29N3O. The maximum Gasteiger partial charge on any atom is 0.151 e. The highest BCUT2D eigenvalue weighted by Crippen LogP contribution is 2.63. The van der Waals surface area contributed by atoms with Gasteiger partial charge in [0.1, 0.15) is 11.4 Å². The molecule has 0 amide bonds. The molecule has 2 heterocycles. The van der Waals surface area contributed by atoms with Crippen molar-refractivity contribution >= 4 is 22.3 Å². The van der Waals surface area contributed by atoms with Gasteiger partial charge < -0.3 is 9.64 Å². The fourth-order valence-corrected chi connectivity index (χ4v) is 7.23. The maximum absolute atomic E-state index is 6.55. The van der Waals surface area contributed by atoms with Gasteiger partial charge in [-0.15, -0.1) is 0 Å². The van der Waals surface area contributed by atoms with Crippen molar-refractivity contribution in [1.29, 1.82) is 0 Å². The highest BCUT2D eigenvalue weighted by molar-refractivity contribution is 5.97. The minimum Gasteiger partial charge on any atom is -0.453 e. The van der Waals surface area contributed by atoms with Crippen LogP contribution >= 0.6 is 0 Å². The van der Waals surface area contributed by atoms with Gasteiger partial charge in [-0.2, -0.15) is 0 Å². The van der Waals surface area contributed by atoms with E-state index in [1.165, 1.54) is 33.4 Å². The molecule has 2 aliphatic rings. The molecule has 0 unspecified atom stereocenters. The first-order chi connectivity index (χ1) is 20.0. The topological polar surface area (TPSA) is 38.2 Å². The Kier molecular flexibility index (Phi) is 4.96. The van der Waals surface area contributed by atoms with E-state index in [4.69, 9.17) is 14.7 Å². The summed E-state index contributed by atoms with van der Waals surface area (Å²) in [6, 6.07) is 36.5. The van der Waals surface area contributed by atoms with E-state index in [0.717, 1.165) is 50.9 Å². The number of para-hydroxylation sites is 4. The van der Waals surface area contributed by atoms with Crippen LogP contribution in [0, 0.1) is 27.7 Å². The average Bonchev–Trinajstić information content (AvgIpc) is 3.28. The summed E-state index contributed by atoms with van der Waals surface area (Å²) in [4.78, 5) is 12.9. The molecule has 0 atom stereocenters. The van der Waals surface area contributed by atoms with Gasteiger partial charge in [-0.25, -0.2) is 9.97 Å². The average molecular weight is 532 g/mol. The highest BCUT2D eigenvalue weighted by atomic mass is 16.5. The number of rotatable bonds is 2. The van der Waals surface area contributed by atoms with Crippen LogP contribution in [-0.4, -0.2) is 9.97 Å². The van der Waals surface area contributed by atoms with E-state index in [1.54, 1.807) is 0 Å². The van der Waals surface area contributed by atoms with E-state index in [0.29, 0.717) is 0 Å². The van der Waals surface area contributed by atoms with Gasteiger partial charge in [0.2, 0.25) is 0 Å². The summed E-state index contributed by atoms with van der Waals surface area (Å²) in [6.45, 7) is 8.64. The van der Waals surface area contributed by atoms with Crippen LogP contribution in [-0.2, 0) is 5.54 Å². The van der Waals surface area contributed by atoms with E-state index in [-0.39, 0.29) is 0 Å². The molecule has 0 fully saturated rings. The van der Waals surface area contributed by atoms with Crippen LogP contribution in [0.25, 0.3) is 22.0 Å². The van der Waals surface area contributed by atoms with Crippen molar-refractivity contribution in [3.8, 4) is 22.6 Å². The molecule has 0 saturated carbocycles. The molecule has 5 aromatic carbocycles. The minimum atomic E-state index is -0.796. The number of nitrogens with zero attached hydrogens (tertiary/aromatic N) is 3. The van der Waals surface area contributed by atoms with E-state index in [9.17, 15) is 0 Å². The first-order valence-electron chi connectivity index (χ1n) is 14.1. The molecule has 6 aromatic rings. The van der Waals surface area contributed by atoms with E-state index < -0.39 is 5.54 Å². The second-order valence-corrected chi connectivity index (χ2v) is 11.2. The predicted octanol–water partition coefficient (Wildman–Crippen LogP) is 9.08. The smallest absolute Gasteiger partial charge is 0.151 e. The zero-order valence-corrected chi connectivity index (χ0v) is 23.6. The number of aryl methyl sites for hydroxylation is 4. The Labute approximate surface area is 239 Å². The lowest BCUT2D eigenvalue weighted by molar-refractivity contribution is 0.459. The number of fused-ring (bicyclic) bond motifs is 6. The first kappa shape index (κ1) is 23.9. The van der Waals surface area contributed by atoms with E-state index >= 15 is 0 Å². The van der Waals surface area contributed by atoms with Crippen LogP contribution in [0.5, 0.6) is 11.5 Å². The summed E-state index contributed by atoms with van der Waals surface area (Å²) in [5.74, 6) is 2.41. The highest BCUT2D eigenvalue weighted by Gasteiger charge is 2.55. The van der Waals surface area contributed by atoms with Gasteiger partial charge in [0.15, 0.2) is 11.5 Å². The molecule has 198 valence electrons. The van der Waals surface area contributed by atoms with Gasteiger partial charge in [-0.05, 0) is 97.0 Å². The Bertz CT molecular complexity index is 1950. The van der Waals surface area contributed by atoms with Gasteiger partial charge >= 0.3 is 0 Å². The molecule has 0 radical (unpaired) electrons. The molecule has 41 heavy (non-hydrogen) atoms. The number of hydrogen-bond acceptors (Lipinski definition) is 4. The Morgan fingerprint density at radius 3 is 1.71 bits per heavy atom. The van der Waals surface area contributed by atoms with Crippen molar-refractivity contribution in [1.82, 2.24) is 9.97 Å². The molecule has 0 bridgehead atoms. The normalized spacial score (nSPS) is 14.2. The molecule has 0 N–H and O–H groups in total. The van der Waals surface area contributed by atoms with Crippen LogP contribution < -0.4 is 9.64 Å². The predicted molar refractivity (Wildman–Crippen MR) is 165 cm³/mol. The minimum absolute atomic E-state index is 0.754. The van der Waals surface area contributed by atoms with Crippen molar-refractivity contribution in [3.05, 3.63) is 142 Å². The van der Waals surface area contributed by atoms with Crippen molar-refractivity contribution in [2.24, 2.45) is 0 Å². The third kappa shape index (κ3) is 3.10. The second-order valence-electron chi connectivity index (χ2n) is 11.2. The number of ether oxygens (including phenoxy) is 1. The summed E-state index contributed by atoms with van der Waals surface area (Å²) in [7, 11) is 0. The molecule has 1 aromatic heterocycles. The molecule has 1 aliphatic heterocycles. The molecule has 1 aliphatic carbocycles. The third-order valence-corrected chi connectivity index (χ3v) is 8.71. The lowest BCUT2D eigenvalue weighted by Gasteiger charge is -2.48. The molecule has 4 heteroatoms. The molecule has 8 rings (SSSR count). The Hall–Kier alpha value is -4.96. The molecule has 4 nitrogen and oxygen atoms in total. The summed E-state index contributed by atoms with van der Waals surface area (Å²) >= 11 is 0. The van der Waals surface area contributed by atoms with Gasteiger partial charge in [-0.3, -0.25) is 0 Å². The summed E-state index contributed by atoms with van der Waals surface area (Å²) in [5.41, 5.74) is 11.7. The van der Waals surface area contributed by atoms with Crippen molar-refractivity contribution < 1.29 is 4.74 Å². The Morgan fingerprint density at radius 1 is 0.561 bits per heavy atom. The monoisotopic (exact) mass is 531 g/mol. The van der Waals surface area contributed by atoms with Crippen LogP contribution in [0.15, 0.2) is 103 Å². The number of hydrogen-bond donors (Lipinski definition) is 0. The molecular weight excluding hydrogens is 502 g/mol. The lowest BCUT2D eigenvalue weighted by atomic mass is 9.76. The largest absolute Gasteiger partial charge is 0.453 e. The van der Waals surface area contributed by atoms with Crippen molar-refractivity contribution in [2.75, 3.05) is 4.90 Å². The van der Waals surface area contributed by atoms with Crippen LogP contribution in [0.4, 0.5) is 11.4 Å². The molecule has 0 saturated heterocycles. The standard InChI is InChI=1S/C37H29N3O/c1-22-12-11-17-28-33(22)36(39-25(4)38-28)37(34-23(2)13-9-15-26(34)27-16-10-14-24(3)35(27)37)40-29-18-5-7-20-31(29)41-32-21-8-6-19-30(32)40/h5-21H,1-4H3. The summed E-state index contributed by atoms with van der Waals surface area (Å²) in [6.07, 6.45) is 0.